The maximum absolute atomic E-state index is 12.8. The van der Waals surface area contributed by atoms with Crippen LogP contribution in [-0.4, -0.2) is 29.4 Å². The van der Waals surface area contributed by atoms with Gasteiger partial charge in [0.15, 0.2) is 0 Å². The molecule has 94 valence electrons. The molecule has 0 saturated carbocycles. The van der Waals surface area contributed by atoms with Crippen LogP contribution in [0.5, 0.6) is 0 Å². The van der Waals surface area contributed by atoms with E-state index in [9.17, 15) is 19.4 Å². The Morgan fingerprint density at radius 2 is 2.18 bits per heavy atom. The van der Waals surface area contributed by atoms with Crippen LogP contribution in [0.4, 0.5) is 4.39 Å². The van der Waals surface area contributed by atoms with Crippen LogP contribution in [0.15, 0.2) is 18.2 Å². The molecular formula is C11H12ClFO4. The minimum atomic E-state index is -1.37. The van der Waals surface area contributed by atoms with Crippen LogP contribution in [0, 0.1) is 5.82 Å². The number of esters is 1. The van der Waals surface area contributed by atoms with Crippen LogP contribution in [0.25, 0.3) is 0 Å². The third kappa shape index (κ3) is 3.66. The first kappa shape index (κ1) is 13.9. The van der Waals surface area contributed by atoms with Crippen molar-refractivity contribution < 1.29 is 24.1 Å². The maximum atomic E-state index is 12.8. The van der Waals surface area contributed by atoms with Crippen LogP contribution < -0.4 is 0 Å². The van der Waals surface area contributed by atoms with Crippen molar-refractivity contribution in [3.63, 3.8) is 0 Å². The number of hydrogen-bond donors (Lipinski definition) is 2. The molecule has 1 aromatic rings. The van der Waals surface area contributed by atoms with Gasteiger partial charge in [-0.05, 0) is 12.1 Å². The standard InChI is InChI=1S/C11H12ClFO4/c1-17-10(15)5-9(14)11(16)7-3-2-6(13)4-8(7)12/h2-4,9,11,14,16H,5H2,1H3. The molecule has 2 atom stereocenters. The molecule has 1 aromatic carbocycles. The summed E-state index contributed by atoms with van der Waals surface area (Å²) in [5, 5.41) is 19.3. The lowest BCUT2D eigenvalue weighted by Gasteiger charge is -2.18. The van der Waals surface area contributed by atoms with Crippen molar-refractivity contribution in [1.82, 2.24) is 0 Å². The van der Waals surface area contributed by atoms with Gasteiger partial charge in [0, 0.05) is 10.6 Å². The Bertz CT molecular complexity index is 410. The van der Waals surface area contributed by atoms with E-state index in [2.05, 4.69) is 4.74 Å². The van der Waals surface area contributed by atoms with Gasteiger partial charge in [-0.1, -0.05) is 17.7 Å². The van der Waals surface area contributed by atoms with Gasteiger partial charge < -0.3 is 14.9 Å². The molecule has 4 nitrogen and oxygen atoms in total. The molecule has 1 rings (SSSR count). The molecule has 0 bridgehead atoms. The van der Waals surface area contributed by atoms with Crippen LogP contribution in [0.3, 0.4) is 0 Å². The van der Waals surface area contributed by atoms with Crippen LogP contribution >= 0.6 is 11.6 Å². The summed E-state index contributed by atoms with van der Waals surface area (Å²) in [6.07, 6.45) is -3.10. The first-order chi connectivity index (χ1) is 7.95. The van der Waals surface area contributed by atoms with Gasteiger partial charge in [-0.2, -0.15) is 0 Å². The highest BCUT2D eigenvalue weighted by atomic mass is 35.5. The van der Waals surface area contributed by atoms with E-state index < -0.39 is 24.0 Å². The number of aliphatic hydroxyl groups is 2. The zero-order valence-electron chi connectivity index (χ0n) is 9.06. The number of carbonyl (C=O) groups is 1. The van der Waals surface area contributed by atoms with Crippen LogP contribution in [-0.2, 0) is 9.53 Å². The molecule has 0 aromatic heterocycles. The van der Waals surface area contributed by atoms with E-state index in [0.717, 1.165) is 12.1 Å². The number of ether oxygens (including phenoxy) is 1. The predicted molar refractivity (Wildman–Crippen MR) is 59.0 cm³/mol. The lowest BCUT2D eigenvalue weighted by Crippen LogP contribution is -2.22. The summed E-state index contributed by atoms with van der Waals surface area (Å²) < 4.78 is 17.1. The number of hydrogen-bond acceptors (Lipinski definition) is 4. The normalized spacial score (nSPS) is 14.2. The minimum absolute atomic E-state index is 0.0126. The molecule has 2 N–H and O–H groups in total. The number of aliphatic hydroxyl groups excluding tert-OH is 2. The fourth-order valence-electron chi connectivity index (χ4n) is 1.31. The van der Waals surface area contributed by atoms with Crippen molar-refractivity contribution in [2.24, 2.45) is 0 Å². The molecular weight excluding hydrogens is 251 g/mol. The monoisotopic (exact) mass is 262 g/mol. The molecule has 0 aliphatic carbocycles. The lowest BCUT2D eigenvalue weighted by atomic mass is 10.0. The Hall–Kier alpha value is -1.17. The van der Waals surface area contributed by atoms with E-state index in [0.29, 0.717) is 0 Å². The van der Waals surface area contributed by atoms with E-state index in [-0.39, 0.29) is 17.0 Å². The van der Waals surface area contributed by atoms with E-state index in [1.54, 1.807) is 0 Å². The smallest absolute Gasteiger partial charge is 0.308 e. The Balaban J connectivity index is 2.81. The third-order valence-corrected chi connectivity index (χ3v) is 2.58. The van der Waals surface area contributed by atoms with Gasteiger partial charge in [-0.15, -0.1) is 0 Å². The molecule has 2 unspecified atom stereocenters. The van der Waals surface area contributed by atoms with Gasteiger partial charge in [0.1, 0.15) is 11.9 Å². The topological polar surface area (TPSA) is 66.8 Å². The third-order valence-electron chi connectivity index (χ3n) is 2.25. The largest absolute Gasteiger partial charge is 0.469 e. The molecule has 6 heteroatoms. The van der Waals surface area contributed by atoms with Crippen LogP contribution in [0.1, 0.15) is 18.1 Å². The Morgan fingerprint density at radius 3 is 2.71 bits per heavy atom. The highest BCUT2D eigenvalue weighted by molar-refractivity contribution is 6.31. The fraction of sp³-hybridized carbons (Fsp3) is 0.364. The van der Waals surface area contributed by atoms with Crippen molar-refractivity contribution >= 4 is 17.6 Å². The summed E-state index contributed by atoms with van der Waals surface area (Å²) in [7, 11) is 1.17. The fourth-order valence-corrected chi connectivity index (χ4v) is 1.59. The second-order valence-corrected chi connectivity index (χ2v) is 3.87. The van der Waals surface area contributed by atoms with Crippen LogP contribution in [0.2, 0.25) is 5.02 Å². The summed E-state index contributed by atoms with van der Waals surface area (Å²) in [4.78, 5) is 10.9. The SMILES string of the molecule is COC(=O)CC(O)C(O)c1ccc(F)cc1Cl. The molecule has 0 saturated heterocycles. The van der Waals surface area contributed by atoms with Gasteiger partial charge in [-0.3, -0.25) is 4.79 Å². The zero-order valence-corrected chi connectivity index (χ0v) is 9.82. The average molecular weight is 263 g/mol. The summed E-state index contributed by atoms with van der Waals surface area (Å²) >= 11 is 5.71. The average Bonchev–Trinajstić information content (AvgIpc) is 2.28. The summed E-state index contributed by atoms with van der Waals surface area (Å²) in [5.41, 5.74) is 0.157. The van der Waals surface area contributed by atoms with Gasteiger partial charge in [0.2, 0.25) is 0 Å². The Kier molecular flexibility index (Phi) is 4.86. The predicted octanol–water partition coefficient (Wildman–Crippen LogP) is 1.44. The molecule has 0 spiro atoms. The number of halogens is 2. The Morgan fingerprint density at radius 1 is 1.53 bits per heavy atom. The molecule has 0 radical (unpaired) electrons. The first-order valence-electron chi connectivity index (χ1n) is 4.83. The number of carbonyl (C=O) groups excluding carboxylic acids is 1. The summed E-state index contributed by atoms with van der Waals surface area (Å²) in [5.74, 6) is -1.21. The number of benzene rings is 1. The second-order valence-electron chi connectivity index (χ2n) is 3.46. The van der Waals surface area contributed by atoms with E-state index >= 15 is 0 Å². The minimum Gasteiger partial charge on any atom is -0.469 e. The van der Waals surface area contributed by atoms with Crippen molar-refractivity contribution in [2.45, 2.75) is 18.6 Å². The number of methoxy groups -OCH3 is 1. The highest BCUT2D eigenvalue weighted by Crippen LogP contribution is 2.27. The van der Waals surface area contributed by atoms with E-state index in [4.69, 9.17) is 11.6 Å². The molecule has 0 amide bonds. The van der Waals surface area contributed by atoms with Crippen molar-refractivity contribution in [3.05, 3.63) is 34.6 Å². The van der Waals surface area contributed by atoms with Gasteiger partial charge >= 0.3 is 5.97 Å². The molecule has 0 fully saturated rings. The summed E-state index contributed by atoms with van der Waals surface area (Å²) in [6, 6.07) is 3.38. The maximum Gasteiger partial charge on any atom is 0.308 e. The second kappa shape index (κ2) is 5.95. The molecule has 0 aliphatic heterocycles. The molecule has 0 aliphatic rings. The van der Waals surface area contributed by atoms with Crippen molar-refractivity contribution in [3.8, 4) is 0 Å². The highest BCUT2D eigenvalue weighted by Gasteiger charge is 2.23. The zero-order chi connectivity index (χ0) is 13.0. The quantitative estimate of drug-likeness (QED) is 0.806. The first-order valence-corrected chi connectivity index (χ1v) is 5.21. The van der Waals surface area contributed by atoms with Gasteiger partial charge in [0.25, 0.3) is 0 Å². The lowest BCUT2D eigenvalue weighted by molar-refractivity contribution is -0.144. The molecule has 17 heavy (non-hydrogen) atoms. The number of rotatable bonds is 4. The van der Waals surface area contributed by atoms with E-state index in [1.165, 1.54) is 13.2 Å². The molecule has 0 heterocycles. The van der Waals surface area contributed by atoms with Gasteiger partial charge in [-0.25, -0.2) is 4.39 Å². The van der Waals surface area contributed by atoms with Crippen molar-refractivity contribution in [1.29, 1.82) is 0 Å². The van der Waals surface area contributed by atoms with E-state index in [1.807, 2.05) is 0 Å². The summed E-state index contributed by atoms with van der Waals surface area (Å²) in [6.45, 7) is 0. The Labute approximate surface area is 103 Å². The van der Waals surface area contributed by atoms with Crippen molar-refractivity contribution in [2.75, 3.05) is 7.11 Å². The van der Waals surface area contributed by atoms with Gasteiger partial charge in [0.05, 0.1) is 19.6 Å².